The first kappa shape index (κ1) is 24.3. The average molecular weight is 498 g/mol. The Morgan fingerprint density at radius 1 is 1.06 bits per heavy atom. The van der Waals surface area contributed by atoms with Gasteiger partial charge in [-0.05, 0) is 60.7 Å². The number of nitrogens with one attached hydrogen (secondary N) is 1. The summed E-state index contributed by atoms with van der Waals surface area (Å²) in [7, 11) is 0. The maximum atomic E-state index is 13.6. The van der Waals surface area contributed by atoms with Gasteiger partial charge in [-0.3, -0.25) is 14.6 Å². The summed E-state index contributed by atoms with van der Waals surface area (Å²) in [6.07, 6.45) is 10.1. The van der Waals surface area contributed by atoms with Crippen molar-refractivity contribution in [2.75, 3.05) is 0 Å². The van der Waals surface area contributed by atoms with Gasteiger partial charge in [0.2, 0.25) is 0 Å². The van der Waals surface area contributed by atoms with Crippen molar-refractivity contribution in [3.63, 3.8) is 0 Å². The summed E-state index contributed by atoms with van der Waals surface area (Å²) in [4.78, 5) is 33.1. The van der Waals surface area contributed by atoms with Gasteiger partial charge in [0.15, 0.2) is 0 Å². The summed E-state index contributed by atoms with van der Waals surface area (Å²) in [6.45, 7) is 3.16. The van der Waals surface area contributed by atoms with Gasteiger partial charge in [0.25, 0.3) is 11.8 Å². The molecule has 2 heterocycles. The van der Waals surface area contributed by atoms with Crippen LogP contribution in [0.2, 0.25) is 0 Å². The van der Waals surface area contributed by atoms with Crippen molar-refractivity contribution in [2.45, 2.75) is 57.0 Å². The number of carbonyl (C=O) groups excluding carboxylic acids is 2. The van der Waals surface area contributed by atoms with Gasteiger partial charge < -0.3 is 10.2 Å². The molecule has 6 heteroatoms. The number of fused-ring (bicyclic) bond motifs is 1. The van der Waals surface area contributed by atoms with Crippen LogP contribution in [-0.4, -0.2) is 33.0 Å². The molecule has 0 spiro atoms. The normalized spacial score (nSPS) is 20.8. The van der Waals surface area contributed by atoms with Crippen LogP contribution in [0.1, 0.15) is 58.3 Å². The highest BCUT2D eigenvalue weighted by Gasteiger charge is 2.40. The van der Waals surface area contributed by atoms with Crippen molar-refractivity contribution in [1.29, 1.82) is 0 Å². The molecule has 36 heavy (non-hydrogen) atoms. The first-order valence-electron chi connectivity index (χ1n) is 12.6. The largest absolute Gasteiger partial charge is 0.348 e. The van der Waals surface area contributed by atoms with E-state index in [0.717, 1.165) is 28.9 Å². The summed E-state index contributed by atoms with van der Waals surface area (Å²) in [5, 5.41) is 3.36. The van der Waals surface area contributed by atoms with E-state index in [1.807, 2.05) is 42.5 Å². The predicted octanol–water partition coefficient (Wildman–Crippen LogP) is 5.75. The Balaban J connectivity index is 1.30. The third-order valence-corrected chi connectivity index (χ3v) is 8.34. The van der Waals surface area contributed by atoms with Crippen molar-refractivity contribution in [3.8, 4) is 0 Å². The Kier molecular flexibility index (Phi) is 7.52. The van der Waals surface area contributed by atoms with Crippen molar-refractivity contribution in [2.24, 2.45) is 0 Å². The van der Waals surface area contributed by atoms with E-state index in [0.29, 0.717) is 29.9 Å². The molecule has 1 saturated heterocycles. The zero-order chi connectivity index (χ0) is 24.9. The fourth-order valence-electron chi connectivity index (χ4n) is 4.92. The van der Waals surface area contributed by atoms with E-state index in [1.54, 1.807) is 24.2 Å². The van der Waals surface area contributed by atoms with Crippen LogP contribution in [0.15, 0.2) is 78.0 Å². The van der Waals surface area contributed by atoms with Gasteiger partial charge in [0, 0.05) is 42.3 Å². The molecule has 1 saturated carbocycles. The molecule has 5 rings (SSSR count). The quantitative estimate of drug-likeness (QED) is 0.441. The Morgan fingerprint density at radius 3 is 2.58 bits per heavy atom. The highest BCUT2D eigenvalue weighted by Crippen LogP contribution is 2.42. The Hall–Kier alpha value is -3.38. The lowest BCUT2D eigenvalue weighted by Crippen LogP contribution is -2.50. The number of hydrogen-bond acceptors (Lipinski definition) is 4. The van der Waals surface area contributed by atoms with E-state index in [2.05, 4.69) is 46.4 Å². The van der Waals surface area contributed by atoms with Crippen molar-refractivity contribution in [1.82, 2.24) is 15.2 Å². The lowest BCUT2D eigenvalue weighted by atomic mass is 9.92. The minimum absolute atomic E-state index is 0.113. The van der Waals surface area contributed by atoms with Crippen LogP contribution in [0.3, 0.4) is 0 Å². The summed E-state index contributed by atoms with van der Waals surface area (Å²) in [5.41, 5.74) is 4.88. The number of aryl methyl sites for hydroxylation is 1. The Morgan fingerprint density at radius 2 is 1.83 bits per heavy atom. The van der Waals surface area contributed by atoms with Crippen LogP contribution in [0, 0.1) is 6.92 Å². The van der Waals surface area contributed by atoms with Crippen LogP contribution in [0.5, 0.6) is 0 Å². The van der Waals surface area contributed by atoms with Crippen LogP contribution >= 0.6 is 11.8 Å². The van der Waals surface area contributed by atoms with Crippen LogP contribution < -0.4 is 5.32 Å². The number of rotatable bonds is 6. The zero-order valence-electron chi connectivity index (χ0n) is 20.5. The monoisotopic (exact) mass is 497 g/mol. The maximum absolute atomic E-state index is 13.6. The molecule has 2 atom stereocenters. The van der Waals surface area contributed by atoms with Gasteiger partial charge in [-0.1, -0.05) is 60.9 Å². The predicted molar refractivity (Wildman–Crippen MR) is 145 cm³/mol. The molecule has 2 aromatic carbocycles. The van der Waals surface area contributed by atoms with Gasteiger partial charge >= 0.3 is 0 Å². The molecular weight excluding hydrogens is 466 g/mol. The average Bonchev–Trinajstić information content (AvgIpc) is 2.92. The summed E-state index contributed by atoms with van der Waals surface area (Å²) >= 11 is 1.74. The third kappa shape index (κ3) is 5.71. The van der Waals surface area contributed by atoms with E-state index < -0.39 is 0 Å². The van der Waals surface area contributed by atoms with Gasteiger partial charge in [-0.15, -0.1) is 11.8 Å². The highest BCUT2D eigenvalue weighted by molar-refractivity contribution is 8.04. The molecule has 2 fully saturated rings. The standard InChI is InChI=1S/C30H31N3O2S/c1-21-8-10-23(11-9-21)20-33-26-6-2-3-7-27(26)36-28(30(33)35)17-22-12-14-25(15-13-22)29(34)32-19-24-5-4-16-31-18-24/h4-5,8-18,26-27H,2-3,6-7,19-20H2,1H3,(H,32,34)/b28-17+. The van der Waals surface area contributed by atoms with Gasteiger partial charge in [0.05, 0.1) is 4.91 Å². The van der Waals surface area contributed by atoms with Crippen molar-refractivity contribution >= 4 is 29.7 Å². The molecule has 0 bridgehead atoms. The van der Waals surface area contributed by atoms with E-state index >= 15 is 0 Å². The third-order valence-electron chi connectivity index (χ3n) is 6.94. The van der Waals surface area contributed by atoms with E-state index in [4.69, 9.17) is 0 Å². The van der Waals surface area contributed by atoms with Gasteiger partial charge in [0.1, 0.15) is 0 Å². The fraction of sp³-hybridized carbons (Fsp3) is 0.300. The lowest BCUT2D eigenvalue weighted by Gasteiger charge is -2.44. The first-order valence-corrected chi connectivity index (χ1v) is 13.5. The van der Waals surface area contributed by atoms with E-state index in [9.17, 15) is 9.59 Å². The topological polar surface area (TPSA) is 62.3 Å². The molecule has 1 aliphatic carbocycles. The van der Waals surface area contributed by atoms with Crippen molar-refractivity contribution < 1.29 is 9.59 Å². The Bertz CT molecular complexity index is 1240. The lowest BCUT2D eigenvalue weighted by molar-refractivity contribution is -0.130. The molecular formula is C30H31N3O2S. The molecule has 2 amide bonds. The molecule has 3 aromatic rings. The number of amides is 2. The maximum Gasteiger partial charge on any atom is 0.260 e. The van der Waals surface area contributed by atoms with Crippen LogP contribution in [0.25, 0.3) is 6.08 Å². The second-order valence-corrected chi connectivity index (χ2v) is 10.9. The van der Waals surface area contributed by atoms with Crippen LogP contribution in [-0.2, 0) is 17.9 Å². The van der Waals surface area contributed by atoms with E-state index in [-0.39, 0.29) is 11.8 Å². The Labute approximate surface area is 217 Å². The molecule has 5 nitrogen and oxygen atoms in total. The summed E-state index contributed by atoms with van der Waals surface area (Å²) in [6, 6.07) is 20.0. The number of aromatic nitrogens is 1. The fourth-order valence-corrected chi connectivity index (χ4v) is 6.39. The minimum atomic E-state index is -0.129. The molecule has 1 aromatic heterocycles. The molecule has 2 unspecified atom stereocenters. The second-order valence-electron chi connectivity index (χ2n) is 9.60. The van der Waals surface area contributed by atoms with Crippen molar-refractivity contribution in [3.05, 3.63) is 106 Å². The minimum Gasteiger partial charge on any atom is -0.348 e. The molecule has 184 valence electrons. The molecule has 1 aliphatic heterocycles. The number of nitrogens with zero attached hydrogens (tertiary/aromatic N) is 2. The molecule has 0 radical (unpaired) electrons. The van der Waals surface area contributed by atoms with Gasteiger partial charge in [-0.2, -0.15) is 0 Å². The summed E-state index contributed by atoms with van der Waals surface area (Å²) in [5.74, 6) is -0.0162. The summed E-state index contributed by atoms with van der Waals surface area (Å²) < 4.78 is 0. The zero-order valence-corrected chi connectivity index (χ0v) is 21.3. The first-order chi connectivity index (χ1) is 17.6. The second kappa shape index (κ2) is 11.1. The molecule has 2 aliphatic rings. The number of pyridine rings is 1. The SMILES string of the molecule is Cc1ccc(CN2C(=O)/C(=C\c3ccc(C(=O)NCc4cccnc4)cc3)SC3CCCCC32)cc1. The smallest absolute Gasteiger partial charge is 0.260 e. The highest BCUT2D eigenvalue weighted by atomic mass is 32.2. The number of thioether (sulfide) groups is 1. The van der Waals surface area contributed by atoms with Gasteiger partial charge in [-0.25, -0.2) is 0 Å². The number of benzene rings is 2. The number of carbonyl (C=O) groups is 2. The number of hydrogen-bond donors (Lipinski definition) is 1. The molecule has 1 N–H and O–H groups in total. The van der Waals surface area contributed by atoms with Crippen LogP contribution in [0.4, 0.5) is 0 Å². The van der Waals surface area contributed by atoms with E-state index in [1.165, 1.54) is 24.0 Å².